The number of rotatable bonds is 18. The smallest absolute Gasteiger partial charge is 0.305 e. The van der Waals surface area contributed by atoms with E-state index >= 15 is 0 Å². The first-order chi connectivity index (χ1) is 11.5. The molecule has 0 unspecified atom stereocenters. The maximum absolute atomic E-state index is 11.7. The number of ether oxygens (including phenoxy) is 1. The van der Waals surface area contributed by atoms with E-state index in [0.717, 1.165) is 25.7 Å². The van der Waals surface area contributed by atoms with Gasteiger partial charge in [0.15, 0.2) is 0 Å². The van der Waals surface area contributed by atoms with Gasteiger partial charge >= 0.3 is 5.97 Å². The van der Waals surface area contributed by atoms with E-state index in [9.17, 15) is 14.4 Å². The molecule has 0 saturated heterocycles. The van der Waals surface area contributed by atoms with E-state index in [4.69, 9.17) is 9.84 Å². The lowest BCUT2D eigenvalue weighted by molar-refractivity contribution is -0.138. The number of hydrogen-bond acceptors (Lipinski definition) is 4. The molecule has 0 aliphatic carbocycles. The molecule has 0 fully saturated rings. The number of hydrogen-bond donors (Lipinski definition) is 1. The van der Waals surface area contributed by atoms with E-state index in [1.54, 1.807) is 6.92 Å². The van der Waals surface area contributed by atoms with E-state index in [1.165, 1.54) is 25.7 Å². The number of Topliss-reactive ketones (excluding diaryl/α,β-unsaturated/α-hetero) is 2. The fourth-order valence-corrected chi connectivity index (χ4v) is 2.51. The van der Waals surface area contributed by atoms with E-state index in [2.05, 4.69) is 0 Å². The largest absolute Gasteiger partial charge is 0.481 e. The molecule has 0 saturated carbocycles. The van der Waals surface area contributed by atoms with Gasteiger partial charge in [-0.05, 0) is 26.2 Å². The van der Waals surface area contributed by atoms with Crippen LogP contribution in [0.15, 0.2) is 0 Å². The predicted octanol–water partition coefficient (Wildman–Crippen LogP) is 4.32. The van der Waals surface area contributed by atoms with Crippen LogP contribution in [0.2, 0.25) is 0 Å². The first kappa shape index (κ1) is 22.8. The minimum absolute atomic E-state index is 0.0185. The lowest BCUT2D eigenvalue weighted by Gasteiger charge is -2.04. The second kappa shape index (κ2) is 16.6. The third-order valence-electron chi connectivity index (χ3n) is 3.94. The van der Waals surface area contributed by atoms with Crippen molar-refractivity contribution in [2.45, 2.75) is 90.4 Å². The van der Waals surface area contributed by atoms with Gasteiger partial charge in [-0.1, -0.05) is 38.5 Å². The van der Waals surface area contributed by atoms with Crippen molar-refractivity contribution in [1.82, 2.24) is 0 Å². The van der Waals surface area contributed by atoms with Crippen LogP contribution in [0.1, 0.15) is 90.4 Å². The summed E-state index contributed by atoms with van der Waals surface area (Å²) in [7, 11) is 0. The van der Waals surface area contributed by atoms with E-state index in [0.29, 0.717) is 32.3 Å². The molecular formula is C19H34O5. The summed E-state index contributed by atoms with van der Waals surface area (Å²) in [5.41, 5.74) is 0. The molecule has 0 spiro atoms. The Labute approximate surface area is 146 Å². The SMILES string of the molecule is CC(=O)CCCCCCCCCCC(=O)CCCOCCC(=O)O. The summed E-state index contributed by atoms with van der Waals surface area (Å²) in [6.45, 7) is 2.33. The van der Waals surface area contributed by atoms with Crippen molar-refractivity contribution in [2.75, 3.05) is 13.2 Å². The summed E-state index contributed by atoms with van der Waals surface area (Å²) in [6.07, 6.45) is 11.6. The fraction of sp³-hybridized carbons (Fsp3) is 0.842. The second-order valence-electron chi connectivity index (χ2n) is 6.43. The fourth-order valence-electron chi connectivity index (χ4n) is 2.51. The van der Waals surface area contributed by atoms with Gasteiger partial charge in [-0.2, -0.15) is 0 Å². The van der Waals surface area contributed by atoms with Crippen LogP contribution < -0.4 is 0 Å². The van der Waals surface area contributed by atoms with Crippen LogP contribution in [0.25, 0.3) is 0 Å². The zero-order valence-corrected chi connectivity index (χ0v) is 15.2. The van der Waals surface area contributed by atoms with Gasteiger partial charge in [0.05, 0.1) is 13.0 Å². The van der Waals surface area contributed by atoms with Crippen molar-refractivity contribution >= 4 is 17.5 Å². The molecule has 0 bridgehead atoms. The minimum atomic E-state index is -0.859. The monoisotopic (exact) mass is 342 g/mol. The standard InChI is InChI=1S/C19H34O5/c1-17(20)11-8-6-4-2-3-5-7-9-12-18(21)13-10-15-24-16-14-19(22)23/h2-16H2,1H3,(H,22,23). The van der Waals surface area contributed by atoms with Crippen molar-refractivity contribution < 1.29 is 24.2 Å². The maximum Gasteiger partial charge on any atom is 0.305 e. The summed E-state index contributed by atoms with van der Waals surface area (Å²) in [5.74, 6) is -0.297. The highest BCUT2D eigenvalue weighted by molar-refractivity contribution is 5.78. The number of carboxylic acid groups (broad SMARTS) is 1. The quantitative estimate of drug-likeness (QED) is 0.375. The van der Waals surface area contributed by atoms with Crippen LogP contribution in [0.4, 0.5) is 0 Å². The van der Waals surface area contributed by atoms with Crippen molar-refractivity contribution in [1.29, 1.82) is 0 Å². The molecule has 0 radical (unpaired) electrons. The van der Waals surface area contributed by atoms with Gasteiger partial charge in [0, 0.05) is 25.9 Å². The van der Waals surface area contributed by atoms with Crippen LogP contribution in [-0.2, 0) is 19.1 Å². The predicted molar refractivity (Wildman–Crippen MR) is 94.2 cm³/mol. The normalized spacial score (nSPS) is 10.7. The topological polar surface area (TPSA) is 80.7 Å². The maximum atomic E-state index is 11.7. The van der Waals surface area contributed by atoms with Crippen LogP contribution in [-0.4, -0.2) is 35.9 Å². The van der Waals surface area contributed by atoms with Crippen molar-refractivity contribution in [3.8, 4) is 0 Å². The second-order valence-corrected chi connectivity index (χ2v) is 6.43. The first-order valence-electron chi connectivity index (χ1n) is 9.33. The first-order valence-corrected chi connectivity index (χ1v) is 9.33. The summed E-state index contributed by atoms with van der Waals surface area (Å²) in [6, 6.07) is 0. The highest BCUT2D eigenvalue weighted by Crippen LogP contribution is 2.11. The molecule has 1 N–H and O–H groups in total. The molecule has 5 nitrogen and oxygen atoms in total. The lowest BCUT2D eigenvalue weighted by atomic mass is 10.0. The molecule has 0 aromatic carbocycles. The van der Waals surface area contributed by atoms with Gasteiger partial charge in [-0.3, -0.25) is 9.59 Å². The number of carbonyl (C=O) groups excluding carboxylic acids is 2. The molecule has 0 heterocycles. The van der Waals surface area contributed by atoms with Gasteiger partial charge in [-0.15, -0.1) is 0 Å². The Balaban J connectivity index is 3.20. The average molecular weight is 342 g/mol. The van der Waals surface area contributed by atoms with E-state index in [1.807, 2.05) is 0 Å². The third-order valence-corrected chi connectivity index (χ3v) is 3.94. The number of carboxylic acids is 1. The van der Waals surface area contributed by atoms with Gasteiger partial charge in [-0.25, -0.2) is 0 Å². The Bertz CT molecular complexity index is 352. The molecule has 0 amide bonds. The molecule has 0 aromatic rings. The average Bonchev–Trinajstić information content (AvgIpc) is 2.52. The summed E-state index contributed by atoms with van der Waals surface area (Å²) >= 11 is 0. The molecule has 0 aliphatic heterocycles. The van der Waals surface area contributed by atoms with Crippen LogP contribution in [0.5, 0.6) is 0 Å². The molecule has 140 valence electrons. The molecular weight excluding hydrogens is 308 g/mol. The van der Waals surface area contributed by atoms with Crippen molar-refractivity contribution in [3.05, 3.63) is 0 Å². The van der Waals surface area contributed by atoms with Gasteiger partial charge in [0.2, 0.25) is 0 Å². The zero-order chi connectivity index (χ0) is 18.0. The number of ketones is 2. The van der Waals surface area contributed by atoms with E-state index in [-0.39, 0.29) is 24.6 Å². The Morgan fingerprint density at radius 2 is 1.17 bits per heavy atom. The Kier molecular flexibility index (Phi) is 15.8. The Morgan fingerprint density at radius 3 is 1.71 bits per heavy atom. The molecule has 0 aromatic heterocycles. The van der Waals surface area contributed by atoms with Gasteiger partial charge < -0.3 is 14.6 Å². The van der Waals surface area contributed by atoms with Crippen molar-refractivity contribution in [3.63, 3.8) is 0 Å². The molecule has 0 atom stereocenters. The van der Waals surface area contributed by atoms with Gasteiger partial charge in [0.25, 0.3) is 0 Å². The number of carbonyl (C=O) groups is 3. The summed E-state index contributed by atoms with van der Waals surface area (Å²) < 4.78 is 5.15. The van der Waals surface area contributed by atoms with Crippen LogP contribution in [0.3, 0.4) is 0 Å². The molecule has 0 aliphatic rings. The highest BCUT2D eigenvalue weighted by Gasteiger charge is 2.03. The molecule has 5 heteroatoms. The Morgan fingerprint density at radius 1 is 0.667 bits per heavy atom. The highest BCUT2D eigenvalue weighted by atomic mass is 16.5. The lowest BCUT2D eigenvalue weighted by Crippen LogP contribution is -2.05. The van der Waals surface area contributed by atoms with Crippen LogP contribution >= 0.6 is 0 Å². The summed E-state index contributed by atoms with van der Waals surface area (Å²) in [4.78, 5) is 32.7. The number of aliphatic carboxylic acids is 1. The minimum Gasteiger partial charge on any atom is -0.481 e. The summed E-state index contributed by atoms with van der Waals surface area (Å²) in [5, 5.41) is 8.44. The van der Waals surface area contributed by atoms with Crippen molar-refractivity contribution in [2.24, 2.45) is 0 Å². The third kappa shape index (κ3) is 18.8. The van der Waals surface area contributed by atoms with Gasteiger partial charge in [0.1, 0.15) is 11.6 Å². The Hall–Kier alpha value is -1.23. The number of unbranched alkanes of at least 4 members (excludes halogenated alkanes) is 7. The van der Waals surface area contributed by atoms with Crippen LogP contribution in [0, 0.1) is 0 Å². The molecule has 24 heavy (non-hydrogen) atoms. The molecule has 0 rings (SSSR count). The zero-order valence-electron chi connectivity index (χ0n) is 15.2. The van der Waals surface area contributed by atoms with E-state index < -0.39 is 5.97 Å².